The number of carboxylic acid groups (broad SMARTS) is 1. The Morgan fingerprint density at radius 1 is 0.889 bits per heavy atom. The summed E-state index contributed by atoms with van der Waals surface area (Å²) in [5, 5.41) is 15.8. The Labute approximate surface area is 261 Å². The van der Waals surface area contributed by atoms with Crippen molar-refractivity contribution in [1.29, 1.82) is 0 Å². The Morgan fingerprint density at radius 2 is 1.56 bits per heavy atom. The lowest BCUT2D eigenvalue weighted by atomic mass is 9.83. The Hall–Kier alpha value is -4.96. The molecule has 0 spiro atoms. The summed E-state index contributed by atoms with van der Waals surface area (Å²) in [6.45, 7) is 4.35. The molecule has 0 unspecified atom stereocenters. The van der Waals surface area contributed by atoms with Crippen molar-refractivity contribution < 1.29 is 24.3 Å². The number of rotatable bonds is 7. The summed E-state index contributed by atoms with van der Waals surface area (Å²) in [5.74, 6) is -1.80. The van der Waals surface area contributed by atoms with Gasteiger partial charge in [-0.15, -0.1) is 0 Å². The highest BCUT2D eigenvalue weighted by Gasteiger charge is 2.45. The zero-order valence-corrected chi connectivity index (χ0v) is 25.3. The van der Waals surface area contributed by atoms with Crippen LogP contribution in [0.1, 0.15) is 69.5 Å². The van der Waals surface area contributed by atoms with Crippen molar-refractivity contribution in [3.05, 3.63) is 94.5 Å². The van der Waals surface area contributed by atoms with E-state index in [1.807, 2.05) is 30.3 Å². The summed E-state index contributed by atoms with van der Waals surface area (Å²) in [6.07, 6.45) is 4.34. The van der Waals surface area contributed by atoms with Crippen LogP contribution >= 0.6 is 0 Å². The number of nitrogens with zero attached hydrogens (tertiary/aromatic N) is 2. The molecule has 2 saturated heterocycles. The van der Waals surface area contributed by atoms with Crippen LogP contribution in [0.2, 0.25) is 0 Å². The Bertz CT molecular complexity index is 1690. The number of anilines is 2. The van der Waals surface area contributed by atoms with Crippen LogP contribution in [0.4, 0.5) is 11.4 Å². The highest BCUT2D eigenvalue weighted by molar-refractivity contribution is 6.37. The Kier molecular flexibility index (Phi) is 8.16. The van der Waals surface area contributed by atoms with Gasteiger partial charge in [0.15, 0.2) is 0 Å². The van der Waals surface area contributed by atoms with Crippen molar-refractivity contribution in [2.75, 3.05) is 36.8 Å². The molecule has 3 aliphatic heterocycles. The second-order valence-electron chi connectivity index (χ2n) is 12.0. The van der Waals surface area contributed by atoms with Gasteiger partial charge < -0.3 is 26.4 Å². The van der Waals surface area contributed by atoms with Gasteiger partial charge in [0.2, 0.25) is 5.91 Å². The molecule has 0 aliphatic carbocycles. The smallest absolute Gasteiger partial charge is 0.336 e. The van der Waals surface area contributed by atoms with Crippen LogP contribution in [-0.2, 0) is 9.59 Å². The van der Waals surface area contributed by atoms with E-state index in [2.05, 4.69) is 15.5 Å². The number of primary amides is 1. The number of amides is 3. The quantitative estimate of drug-likeness (QED) is 0.288. The molecule has 3 aromatic carbocycles. The maximum atomic E-state index is 13.5. The van der Waals surface area contributed by atoms with Gasteiger partial charge in [-0.2, -0.15) is 0 Å². The Morgan fingerprint density at radius 3 is 2.18 bits per heavy atom. The number of aryl methyl sites for hydroxylation is 1. The minimum atomic E-state index is -1.06. The van der Waals surface area contributed by atoms with Gasteiger partial charge in [-0.3, -0.25) is 19.3 Å². The van der Waals surface area contributed by atoms with Gasteiger partial charge in [0.1, 0.15) is 5.54 Å². The summed E-state index contributed by atoms with van der Waals surface area (Å²) in [4.78, 5) is 55.1. The number of fused-ring (bicyclic) bond motifs is 1. The van der Waals surface area contributed by atoms with Crippen molar-refractivity contribution in [3.63, 3.8) is 0 Å². The van der Waals surface area contributed by atoms with Gasteiger partial charge in [0, 0.05) is 29.9 Å². The molecule has 45 heavy (non-hydrogen) atoms. The normalized spacial score (nSPS) is 19.0. The summed E-state index contributed by atoms with van der Waals surface area (Å²) in [5.41, 5.74) is 9.91. The SMILES string of the molecule is Cc1cc2c(cc1C(=O)O)NC(=O)C2=C(Nc1ccc(C(=O)N2CCC(C(N)=O)(N3CCCCC3)CC2)cc1)c1ccccc1. The zero-order valence-electron chi connectivity index (χ0n) is 25.3. The number of nitrogens with one attached hydrogen (secondary N) is 2. The van der Waals surface area contributed by atoms with Crippen molar-refractivity contribution in [3.8, 4) is 0 Å². The van der Waals surface area contributed by atoms with E-state index in [-0.39, 0.29) is 23.3 Å². The van der Waals surface area contributed by atoms with E-state index in [4.69, 9.17) is 5.73 Å². The molecule has 3 aliphatic rings. The second kappa shape index (κ2) is 12.2. The molecule has 3 heterocycles. The lowest BCUT2D eigenvalue weighted by Crippen LogP contribution is -2.63. The first-order valence-corrected chi connectivity index (χ1v) is 15.4. The van der Waals surface area contributed by atoms with Crippen LogP contribution in [0.5, 0.6) is 0 Å². The molecule has 5 N–H and O–H groups in total. The van der Waals surface area contributed by atoms with E-state index in [0.717, 1.165) is 31.5 Å². The molecular formula is C35H37N5O5. The number of hydrogen-bond acceptors (Lipinski definition) is 6. The van der Waals surface area contributed by atoms with Crippen molar-refractivity contribution in [1.82, 2.24) is 9.80 Å². The summed E-state index contributed by atoms with van der Waals surface area (Å²) >= 11 is 0. The summed E-state index contributed by atoms with van der Waals surface area (Å²) in [7, 11) is 0. The van der Waals surface area contributed by atoms with E-state index in [9.17, 15) is 24.3 Å². The largest absolute Gasteiger partial charge is 0.478 e. The molecule has 2 fully saturated rings. The first-order valence-electron chi connectivity index (χ1n) is 15.4. The minimum Gasteiger partial charge on any atom is -0.478 e. The van der Waals surface area contributed by atoms with Crippen molar-refractivity contribution in [2.24, 2.45) is 5.73 Å². The third-order valence-corrected chi connectivity index (χ3v) is 9.35. The fourth-order valence-corrected chi connectivity index (χ4v) is 6.83. The van der Waals surface area contributed by atoms with Gasteiger partial charge in [-0.05, 0) is 93.2 Å². The molecule has 0 atom stereocenters. The van der Waals surface area contributed by atoms with Gasteiger partial charge in [-0.25, -0.2) is 4.79 Å². The molecule has 3 aromatic rings. The number of likely N-dealkylation sites (tertiary alicyclic amines) is 2. The molecule has 0 bridgehead atoms. The van der Waals surface area contributed by atoms with E-state index in [0.29, 0.717) is 65.3 Å². The van der Waals surface area contributed by atoms with Gasteiger partial charge in [0.05, 0.1) is 22.5 Å². The number of benzene rings is 3. The molecule has 0 aromatic heterocycles. The lowest BCUT2D eigenvalue weighted by Gasteiger charge is -2.48. The molecule has 10 nitrogen and oxygen atoms in total. The molecule has 0 radical (unpaired) electrons. The summed E-state index contributed by atoms with van der Waals surface area (Å²) < 4.78 is 0. The number of carbonyl (C=O) groups is 4. The van der Waals surface area contributed by atoms with Crippen molar-refractivity contribution in [2.45, 2.75) is 44.6 Å². The lowest BCUT2D eigenvalue weighted by molar-refractivity contribution is -0.134. The van der Waals surface area contributed by atoms with Crippen LogP contribution in [-0.4, -0.2) is 70.3 Å². The molecule has 10 heteroatoms. The molecule has 232 valence electrons. The Balaban J connectivity index is 1.24. The number of nitrogens with two attached hydrogens (primary N) is 1. The topological polar surface area (TPSA) is 145 Å². The molecule has 3 amide bonds. The van der Waals surface area contributed by atoms with Crippen molar-refractivity contribution >= 4 is 46.3 Å². The monoisotopic (exact) mass is 607 g/mol. The predicted molar refractivity (Wildman–Crippen MR) is 173 cm³/mol. The second-order valence-corrected chi connectivity index (χ2v) is 12.0. The summed E-state index contributed by atoms with van der Waals surface area (Å²) in [6, 6.07) is 19.7. The van der Waals surface area contributed by atoms with Crippen LogP contribution < -0.4 is 16.4 Å². The third-order valence-electron chi connectivity index (χ3n) is 9.35. The number of hydrogen-bond donors (Lipinski definition) is 4. The predicted octanol–water partition coefficient (Wildman–Crippen LogP) is 4.57. The van der Waals surface area contributed by atoms with E-state index in [1.54, 1.807) is 42.2 Å². The standard InChI is InChI=1S/C35H37N5O5/c1-22-20-27-28(21-26(22)33(43)44)38-31(41)29(27)30(23-8-4-2-5-9-23)37-25-12-10-24(11-13-25)32(42)39-18-14-35(15-19-39,34(36)45)40-16-6-3-7-17-40/h2,4-5,8-13,20-21,37H,3,6-7,14-19H2,1H3,(H2,36,45)(H,38,41)(H,43,44). The fourth-order valence-electron chi connectivity index (χ4n) is 6.83. The number of carbonyl (C=O) groups excluding carboxylic acids is 3. The van der Waals surface area contributed by atoms with Gasteiger partial charge in [-0.1, -0.05) is 36.8 Å². The van der Waals surface area contributed by atoms with E-state index < -0.39 is 11.5 Å². The maximum absolute atomic E-state index is 13.5. The zero-order chi connectivity index (χ0) is 31.7. The number of aromatic carboxylic acids is 1. The first kappa shape index (κ1) is 30.1. The molecule has 6 rings (SSSR count). The van der Waals surface area contributed by atoms with Gasteiger partial charge >= 0.3 is 5.97 Å². The number of piperidine rings is 2. The third kappa shape index (κ3) is 5.69. The molecule has 0 saturated carbocycles. The van der Waals surface area contributed by atoms with Gasteiger partial charge in [0.25, 0.3) is 11.8 Å². The van der Waals surface area contributed by atoms with Crippen LogP contribution in [0.15, 0.2) is 66.7 Å². The van der Waals surface area contributed by atoms with E-state index >= 15 is 0 Å². The highest BCUT2D eigenvalue weighted by Crippen LogP contribution is 2.39. The van der Waals surface area contributed by atoms with E-state index in [1.165, 1.54) is 12.5 Å². The number of carboxylic acids is 1. The van der Waals surface area contributed by atoms with Crippen LogP contribution in [0.3, 0.4) is 0 Å². The minimum absolute atomic E-state index is 0.103. The maximum Gasteiger partial charge on any atom is 0.336 e. The highest BCUT2D eigenvalue weighted by atomic mass is 16.4. The average Bonchev–Trinajstić information content (AvgIpc) is 3.37. The van der Waals surface area contributed by atoms with Crippen LogP contribution in [0.25, 0.3) is 11.3 Å². The first-order chi connectivity index (χ1) is 21.7. The van der Waals surface area contributed by atoms with Crippen LogP contribution in [0, 0.1) is 6.92 Å². The fraction of sp³-hybridized carbons (Fsp3) is 0.314. The average molecular weight is 608 g/mol. The molecular weight excluding hydrogens is 570 g/mol.